The molecule has 0 fully saturated rings. The lowest BCUT2D eigenvalue weighted by Gasteiger charge is -2.29. The molecule has 5 heteroatoms. The average molecular weight is 343 g/mol. The summed E-state index contributed by atoms with van der Waals surface area (Å²) >= 11 is 11.7. The van der Waals surface area contributed by atoms with Gasteiger partial charge in [0.1, 0.15) is 7.14 Å². The van der Waals surface area contributed by atoms with E-state index in [0.29, 0.717) is 10.6 Å². The van der Waals surface area contributed by atoms with Crippen LogP contribution >= 0.6 is 30.3 Å². The van der Waals surface area contributed by atoms with Crippen molar-refractivity contribution in [2.24, 2.45) is 0 Å². The van der Waals surface area contributed by atoms with Crippen LogP contribution in [0.5, 0.6) is 0 Å². The molecule has 0 amide bonds. The van der Waals surface area contributed by atoms with Crippen molar-refractivity contribution in [3.8, 4) is 0 Å². The first-order valence-corrected chi connectivity index (χ1v) is 9.55. The molecule has 112 valence electrons. The predicted molar refractivity (Wildman–Crippen MR) is 91.0 cm³/mol. The lowest BCUT2D eigenvalue weighted by atomic mass is 10.2. The van der Waals surface area contributed by atoms with Gasteiger partial charge in [-0.2, -0.15) is 0 Å². The van der Waals surface area contributed by atoms with Crippen LogP contribution in [-0.4, -0.2) is 28.6 Å². The highest BCUT2D eigenvalue weighted by Gasteiger charge is 2.38. The van der Waals surface area contributed by atoms with Crippen LogP contribution in [0.2, 0.25) is 0 Å². The van der Waals surface area contributed by atoms with Crippen LogP contribution in [0.15, 0.2) is 60.7 Å². The van der Waals surface area contributed by atoms with Crippen molar-refractivity contribution < 1.29 is 9.67 Å². The van der Waals surface area contributed by atoms with Gasteiger partial charge >= 0.3 is 0 Å². The number of hydrogen-bond donors (Lipinski definition) is 1. The molecule has 0 aliphatic heterocycles. The Labute approximate surface area is 135 Å². The topological polar surface area (TPSA) is 37.3 Å². The van der Waals surface area contributed by atoms with Gasteiger partial charge in [-0.3, -0.25) is 0 Å². The van der Waals surface area contributed by atoms with Gasteiger partial charge in [0, 0.05) is 16.8 Å². The summed E-state index contributed by atoms with van der Waals surface area (Å²) in [6.07, 6.45) is 0.0288. The van der Waals surface area contributed by atoms with Crippen LogP contribution < -0.4 is 10.6 Å². The fourth-order valence-electron chi connectivity index (χ4n) is 2.20. The van der Waals surface area contributed by atoms with Gasteiger partial charge in [-0.15, -0.1) is 23.2 Å². The lowest BCUT2D eigenvalue weighted by molar-refractivity contribution is 0.112. The van der Waals surface area contributed by atoms with E-state index in [1.807, 2.05) is 60.7 Å². The summed E-state index contributed by atoms with van der Waals surface area (Å²) in [6.45, 7) is 0. The van der Waals surface area contributed by atoms with Crippen molar-refractivity contribution in [1.29, 1.82) is 0 Å². The number of hydrogen-bond acceptors (Lipinski definition) is 2. The van der Waals surface area contributed by atoms with Crippen LogP contribution in [0, 0.1) is 0 Å². The average Bonchev–Trinajstić information content (AvgIpc) is 2.56. The Hall–Kier alpha value is -0.790. The predicted octanol–water partition coefficient (Wildman–Crippen LogP) is 3.21. The van der Waals surface area contributed by atoms with E-state index in [-0.39, 0.29) is 17.9 Å². The second kappa shape index (κ2) is 6.98. The Kier molecular flexibility index (Phi) is 5.51. The van der Waals surface area contributed by atoms with E-state index < -0.39 is 12.7 Å². The van der Waals surface area contributed by atoms with Gasteiger partial charge in [-0.25, -0.2) is 0 Å². The molecule has 0 aliphatic rings. The van der Waals surface area contributed by atoms with Crippen LogP contribution in [0.3, 0.4) is 0 Å². The summed E-state index contributed by atoms with van der Waals surface area (Å²) in [5.41, 5.74) is -1.36. The van der Waals surface area contributed by atoms with Gasteiger partial charge in [0.25, 0.3) is 0 Å². The molecule has 0 bridgehead atoms. The van der Waals surface area contributed by atoms with Crippen LogP contribution in [0.1, 0.15) is 0 Å². The van der Waals surface area contributed by atoms with Crippen molar-refractivity contribution in [2.75, 3.05) is 17.9 Å². The smallest absolute Gasteiger partial charge is 0.146 e. The Morgan fingerprint density at radius 3 is 1.57 bits per heavy atom. The van der Waals surface area contributed by atoms with Crippen molar-refractivity contribution in [3.63, 3.8) is 0 Å². The fraction of sp³-hybridized carbons (Fsp3) is 0.250. The van der Waals surface area contributed by atoms with Gasteiger partial charge in [0.05, 0.1) is 17.4 Å². The number of alkyl halides is 2. The Bertz CT molecular complexity index is 569. The minimum absolute atomic E-state index is 0.0288. The van der Waals surface area contributed by atoms with Gasteiger partial charge in [0.2, 0.25) is 0 Å². The highest BCUT2D eigenvalue weighted by Crippen LogP contribution is 2.46. The summed E-state index contributed by atoms with van der Waals surface area (Å²) in [4.78, 5) is 0. The first-order valence-electron chi connectivity index (χ1n) is 6.59. The van der Waals surface area contributed by atoms with E-state index in [4.69, 9.17) is 23.2 Å². The monoisotopic (exact) mass is 342 g/mol. The molecule has 0 saturated heterocycles. The number of aliphatic hydroxyl groups is 1. The molecule has 0 radical (unpaired) electrons. The van der Waals surface area contributed by atoms with Crippen molar-refractivity contribution in [3.05, 3.63) is 60.7 Å². The fourth-order valence-corrected chi connectivity index (χ4v) is 5.97. The zero-order valence-corrected chi connectivity index (χ0v) is 13.9. The first kappa shape index (κ1) is 16.6. The zero-order valence-electron chi connectivity index (χ0n) is 11.5. The van der Waals surface area contributed by atoms with Crippen LogP contribution in [0.25, 0.3) is 0 Å². The molecule has 0 heterocycles. The molecule has 1 N–H and O–H groups in total. The second-order valence-corrected chi connectivity index (χ2v) is 8.42. The van der Waals surface area contributed by atoms with Gasteiger partial charge < -0.3 is 9.67 Å². The largest absolute Gasteiger partial charge is 0.387 e. The molecule has 0 aliphatic carbocycles. The van der Waals surface area contributed by atoms with Crippen molar-refractivity contribution >= 4 is 41.0 Å². The minimum atomic E-state index is -3.00. The maximum Gasteiger partial charge on any atom is 0.146 e. The Morgan fingerprint density at radius 2 is 1.24 bits per heavy atom. The van der Waals surface area contributed by atoms with E-state index >= 15 is 0 Å². The molecule has 0 spiro atoms. The summed E-state index contributed by atoms with van der Waals surface area (Å²) in [7, 11) is -3.00. The van der Waals surface area contributed by atoms with Gasteiger partial charge in [-0.05, 0) is 0 Å². The maximum atomic E-state index is 13.7. The van der Waals surface area contributed by atoms with E-state index in [0.717, 1.165) is 0 Å². The van der Waals surface area contributed by atoms with E-state index in [9.17, 15) is 9.67 Å². The SMILES string of the molecule is O=P(CC(O)(CCl)CCl)(c1ccccc1)c1ccccc1. The number of rotatable bonds is 6. The molecular formula is C16H17Cl2O2P. The molecule has 0 aromatic heterocycles. The van der Waals surface area contributed by atoms with E-state index in [1.165, 1.54) is 0 Å². The lowest BCUT2D eigenvalue weighted by Crippen LogP contribution is -2.40. The van der Waals surface area contributed by atoms with Gasteiger partial charge in [-0.1, -0.05) is 60.7 Å². The molecule has 0 unspecified atom stereocenters. The third-order valence-corrected chi connectivity index (χ3v) is 7.65. The molecule has 21 heavy (non-hydrogen) atoms. The Morgan fingerprint density at radius 1 is 0.857 bits per heavy atom. The normalized spacial score (nSPS) is 12.3. The molecular weight excluding hydrogens is 326 g/mol. The maximum absolute atomic E-state index is 13.7. The van der Waals surface area contributed by atoms with Crippen molar-refractivity contribution in [1.82, 2.24) is 0 Å². The van der Waals surface area contributed by atoms with E-state index in [1.54, 1.807) is 0 Å². The second-order valence-electron chi connectivity index (χ2n) is 5.06. The molecule has 2 aromatic rings. The summed E-state index contributed by atoms with van der Waals surface area (Å²) in [5.74, 6) is -0.111. The number of benzene rings is 2. The molecule has 2 rings (SSSR count). The van der Waals surface area contributed by atoms with E-state index in [2.05, 4.69) is 0 Å². The summed E-state index contributed by atoms with van der Waals surface area (Å²) in [6, 6.07) is 18.4. The molecule has 0 saturated carbocycles. The molecule has 0 atom stereocenters. The number of halogens is 2. The third kappa shape index (κ3) is 3.70. The summed E-state index contributed by atoms with van der Waals surface area (Å²) < 4.78 is 13.7. The zero-order chi connectivity index (χ0) is 15.3. The highest BCUT2D eigenvalue weighted by atomic mass is 35.5. The Balaban J connectivity index is 2.53. The molecule has 2 aromatic carbocycles. The quantitative estimate of drug-likeness (QED) is 0.646. The third-order valence-electron chi connectivity index (χ3n) is 3.36. The standard InChI is InChI=1S/C16H17Cl2O2P/c17-11-16(19,12-18)13-21(20,14-7-3-1-4-8-14)15-9-5-2-6-10-15/h1-10,19H,11-13H2. The minimum Gasteiger partial charge on any atom is -0.387 e. The van der Waals surface area contributed by atoms with Crippen LogP contribution in [0.4, 0.5) is 0 Å². The first-order chi connectivity index (χ1) is 10.0. The van der Waals surface area contributed by atoms with Crippen molar-refractivity contribution in [2.45, 2.75) is 5.60 Å². The molecule has 2 nitrogen and oxygen atoms in total. The highest BCUT2D eigenvalue weighted by molar-refractivity contribution is 7.78. The van der Waals surface area contributed by atoms with Crippen LogP contribution in [-0.2, 0) is 4.57 Å². The summed E-state index contributed by atoms with van der Waals surface area (Å²) in [5, 5.41) is 11.8. The van der Waals surface area contributed by atoms with Gasteiger partial charge in [0.15, 0.2) is 0 Å².